The SMILES string of the molecule is COC(=O)c1cc(Cl)ccc1O[C@H](c1cncc(Cl)c1)C1CCNC1. The van der Waals surface area contributed by atoms with E-state index < -0.39 is 5.97 Å². The summed E-state index contributed by atoms with van der Waals surface area (Å²) in [6.45, 7) is 1.74. The van der Waals surface area contributed by atoms with Gasteiger partial charge in [-0.3, -0.25) is 4.98 Å². The Morgan fingerprint density at radius 2 is 2.12 bits per heavy atom. The molecule has 0 aliphatic carbocycles. The van der Waals surface area contributed by atoms with Crippen LogP contribution in [-0.4, -0.2) is 31.2 Å². The maximum absolute atomic E-state index is 12.1. The van der Waals surface area contributed by atoms with Crippen LogP contribution in [0.4, 0.5) is 0 Å². The second-order valence-corrected chi connectivity index (χ2v) is 6.73. The van der Waals surface area contributed by atoms with Gasteiger partial charge in [-0.25, -0.2) is 4.79 Å². The second kappa shape index (κ2) is 8.04. The predicted molar refractivity (Wildman–Crippen MR) is 96.4 cm³/mol. The molecule has 0 radical (unpaired) electrons. The zero-order valence-electron chi connectivity index (χ0n) is 13.7. The van der Waals surface area contributed by atoms with Gasteiger partial charge in [0.2, 0.25) is 0 Å². The predicted octanol–water partition coefficient (Wildman–Crippen LogP) is 3.90. The molecule has 0 saturated carbocycles. The van der Waals surface area contributed by atoms with Gasteiger partial charge in [0, 0.05) is 35.4 Å². The number of carbonyl (C=O) groups excluding carboxylic acids is 1. The molecule has 2 atom stereocenters. The van der Waals surface area contributed by atoms with Crippen LogP contribution >= 0.6 is 23.2 Å². The van der Waals surface area contributed by atoms with Crippen molar-refractivity contribution in [3.63, 3.8) is 0 Å². The van der Waals surface area contributed by atoms with Crippen molar-refractivity contribution in [1.82, 2.24) is 10.3 Å². The molecule has 25 heavy (non-hydrogen) atoms. The molecule has 1 saturated heterocycles. The fourth-order valence-electron chi connectivity index (χ4n) is 2.97. The van der Waals surface area contributed by atoms with Crippen molar-refractivity contribution in [2.24, 2.45) is 5.92 Å². The number of benzene rings is 1. The van der Waals surface area contributed by atoms with E-state index >= 15 is 0 Å². The number of hydrogen-bond donors (Lipinski definition) is 1. The largest absolute Gasteiger partial charge is 0.484 e. The van der Waals surface area contributed by atoms with Gasteiger partial charge in [-0.1, -0.05) is 23.2 Å². The van der Waals surface area contributed by atoms with Crippen LogP contribution < -0.4 is 10.1 Å². The van der Waals surface area contributed by atoms with Gasteiger partial charge in [-0.05, 0) is 37.2 Å². The minimum Gasteiger partial charge on any atom is -0.484 e. The molecule has 1 aromatic carbocycles. The lowest BCUT2D eigenvalue weighted by molar-refractivity contribution is 0.0588. The quantitative estimate of drug-likeness (QED) is 0.796. The van der Waals surface area contributed by atoms with Gasteiger partial charge in [0.15, 0.2) is 0 Å². The molecule has 0 amide bonds. The molecule has 1 N–H and O–H groups in total. The molecule has 0 spiro atoms. The van der Waals surface area contributed by atoms with Gasteiger partial charge in [-0.15, -0.1) is 0 Å². The molecule has 5 nitrogen and oxygen atoms in total. The molecule has 1 aromatic heterocycles. The Labute approximate surface area is 156 Å². The van der Waals surface area contributed by atoms with Crippen LogP contribution in [-0.2, 0) is 4.74 Å². The van der Waals surface area contributed by atoms with Crippen LogP contribution in [0.15, 0.2) is 36.7 Å². The lowest BCUT2D eigenvalue weighted by Gasteiger charge is -2.25. The van der Waals surface area contributed by atoms with Crippen LogP contribution in [0.1, 0.15) is 28.4 Å². The number of hydrogen-bond acceptors (Lipinski definition) is 5. The van der Waals surface area contributed by atoms with Crippen molar-refractivity contribution in [1.29, 1.82) is 0 Å². The molecule has 132 valence electrons. The molecule has 1 aliphatic heterocycles. The van der Waals surface area contributed by atoms with E-state index in [4.69, 9.17) is 32.7 Å². The first kappa shape index (κ1) is 18.0. The monoisotopic (exact) mass is 380 g/mol. The van der Waals surface area contributed by atoms with Crippen LogP contribution in [0.3, 0.4) is 0 Å². The molecule has 1 fully saturated rings. The standard InChI is InChI=1S/C18H18Cl2N2O3/c1-24-18(23)15-7-13(19)2-3-16(15)25-17(11-4-5-21-8-11)12-6-14(20)10-22-9-12/h2-3,6-7,9-11,17,21H,4-5,8H2,1H3/t11?,17-/m0/s1. The Morgan fingerprint density at radius 1 is 1.28 bits per heavy atom. The first-order valence-corrected chi connectivity index (χ1v) is 8.69. The zero-order valence-corrected chi connectivity index (χ0v) is 15.2. The lowest BCUT2D eigenvalue weighted by atomic mass is 9.95. The van der Waals surface area contributed by atoms with Crippen LogP contribution in [0, 0.1) is 5.92 Å². The molecule has 1 aliphatic rings. The number of aromatic nitrogens is 1. The number of carbonyl (C=O) groups is 1. The van der Waals surface area contributed by atoms with E-state index in [1.54, 1.807) is 30.6 Å². The third-order valence-electron chi connectivity index (χ3n) is 4.18. The van der Waals surface area contributed by atoms with Gasteiger partial charge < -0.3 is 14.8 Å². The maximum atomic E-state index is 12.1. The summed E-state index contributed by atoms with van der Waals surface area (Å²) in [4.78, 5) is 16.2. The Hall–Kier alpha value is -1.82. The van der Waals surface area contributed by atoms with Gasteiger partial charge in [0.05, 0.1) is 12.1 Å². The summed E-state index contributed by atoms with van der Waals surface area (Å²) in [6, 6.07) is 6.75. The highest BCUT2D eigenvalue weighted by atomic mass is 35.5. The second-order valence-electron chi connectivity index (χ2n) is 5.86. The zero-order chi connectivity index (χ0) is 17.8. The number of nitrogens with one attached hydrogen (secondary N) is 1. The third kappa shape index (κ3) is 4.24. The summed E-state index contributed by atoms with van der Waals surface area (Å²) in [5.74, 6) is 0.166. The molecule has 0 bridgehead atoms. The van der Waals surface area contributed by atoms with E-state index in [9.17, 15) is 4.79 Å². The Morgan fingerprint density at radius 3 is 2.80 bits per heavy atom. The highest BCUT2D eigenvalue weighted by molar-refractivity contribution is 6.31. The fraction of sp³-hybridized carbons (Fsp3) is 0.333. The number of pyridine rings is 1. The number of methoxy groups -OCH3 is 1. The highest BCUT2D eigenvalue weighted by Crippen LogP contribution is 2.35. The Balaban J connectivity index is 1.97. The highest BCUT2D eigenvalue weighted by Gasteiger charge is 2.30. The van der Waals surface area contributed by atoms with E-state index in [0.29, 0.717) is 21.4 Å². The van der Waals surface area contributed by atoms with E-state index in [1.165, 1.54) is 7.11 Å². The first-order valence-electron chi connectivity index (χ1n) is 7.94. The van der Waals surface area contributed by atoms with Crippen molar-refractivity contribution in [2.75, 3.05) is 20.2 Å². The van der Waals surface area contributed by atoms with Gasteiger partial charge in [0.25, 0.3) is 0 Å². The smallest absolute Gasteiger partial charge is 0.341 e. The summed E-state index contributed by atoms with van der Waals surface area (Å²) in [7, 11) is 1.33. The van der Waals surface area contributed by atoms with Gasteiger partial charge in [-0.2, -0.15) is 0 Å². The summed E-state index contributed by atoms with van der Waals surface area (Å²) >= 11 is 12.1. The summed E-state index contributed by atoms with van der Waals surface area (Å²) in [5.41, 5.74) is 1.16. The van der Waals surface area contributed by atoms with Crippen LogP contribution in [0.2, 0.25) is 10.0 Å². The van der Waals surface area contributed by atoms with Crippen molar-refractivity contribution in [3.05, 3.63) is 57.8 Å². The van der Waals surface area contributed by atoms with Crippen molar-refractivity contribution in [2.45, 2.75) is 12.5 Å². The Kier molecular flexibility index (Phi) is 5.78. The van der Waals surface area contributed by atoms with Gasteiger partial charge in [0.1, 0.15) is 17.4 Å². The normalized spacial score (nSPS) is 18.0. The number of halogens is 2. The topological polar surface area (TPSA) is 60.5 Å². The van der Waals surface area contributed by atoms with E-state index in [2.05, 4.69) is 10.3 Å². The summed E-state index contributed by atoms with van der Waals surface area (Å²) in [6.07, 6.45) is 3.99. The summed E-state index contributed by atoms with van der Waals surface area (Å²) < 4.78 is 11.1. The third-order valence-corrected chi connectivity index (χ3v) is 4.62. The number of rotatable bonds is 5. The molecule has 3 rings (SSSR count). The minimum atomic E-state index is -0.495. The first-order chi connectivity index (χ1) is 12.1. The molecular weight excluding hydrogens is 363 g/mol. The van der Waals surface area contributed by atoms with Crippen LogP contribution in [0.25, 0.3) is 0 Å². The maximum Gasteiger partial charge on any atom is 0.341 e. The summed E-state index contributed by atoms with van der Waals surface area (Å²) in [5, 5.41) is 4.32. The molecule has 2 aromatic rings. The van der Waals surface area contributed by atoms with E-state index in [-0.39, 0.29) is 12.0 Å². The van der Waals surface area contributed by atoms with Crippen LogP contribution in [0.5, 0.6) is 5.75 Å². The van der Waals surface area contributed by atoms with Crippen molar-refractivity contribution >= 4 is 29.2 Å². The lowest BCUT2D eigenvalue weighted by Crippen LogP contribution is -2.22. The Bertz CT molecular complexity index is 764. The molecule has 7 heteroatoms. The number of esters is 1. The molecular formula is C18H18Cl2N2O3. The van der Waals surface area contributed by atoms with Crippen molar-refractivity contribution in [3.8, 4) is 5.75 Å². The van der Waals surface area contributed by atoms with E-state index in [1.807, 2.05) is 6.07 Å². The van der Waals surface area contributed by atoms with Crippen molar-refractivity contribution < 1.29 is 14.3 Å². The van der Waals surface area contributed by atoms with Gasteiger partial charge >= 0.3 is 5.97 Å². The fourth-order valence-corrected chi connectivity index (χ4v) is 3.32. The molecule has 2 heterocycles. The molecule has 1 unspecified atom stereocenters. The van der Waals surface area contributed by atoms with E-state index in [0.717, 1.165) is 25.1 Å². The number of nitrogens with zero attached hydrogens (tertiary/aromatic N) is 1. The average Bonchev–Trinajstić information content (AvgIpc) is 3.14. The number of ether oxygens (including phenoxy) is 2. The minimum absolute atomic E-state index is 0.237. The average molecular weight is 381 g/mol.